The molecule has 0 fully saturated rings. The maximum atomic E-state index is 11.2. The van der Waals surface area contributed by atoms with Gasteiger partial charge in [-0.1, -0.05) is 12.1 Å². The average molecular weight is 269 g/mol. The fourth-order valence-corrected chi connectivity index (χ4v) is 2.11. The number of carbonyl (C=O) groups is 1. The molecule has 0 aliphatic heterocycles. The number of aromatic carboxylic acids is 1. The predicted octanol–water partition coefficient (Wildman–Crippen LogP) is 1.53. The van der Waals surface area contributed by atoms with Crippen molar-refractivity contribution in [1.29, 1.82) is 0 Å². The van der Waals surface area contributed by atoms with E-state index in [1.54, 1.807) is 13.8 Å². The van der Waals surface area contributed by atoms with Crippen LogP contribution in [0.5, 0.6) is 0 Å². The van der Waals surface area contributed by atoms with Crippen molar-refractivity contribution >= 4 is 17.0 Å². The van der Waals surface area contributed by atoms with Gasteiger partial charge in [-0.25, -0.2) is 14.5 Å². The summed E-state index contributed by atoms with van der Waals surface area (Å²) in [4.78, 5) is 15.5. The number of aryl methyl sites for hydroxylation is 1. The molecule has 0 saturated heterocycles. The molecule has 7 nitrogen and oxygen atoms in total. The summed E-state index contributed by atoms with van der Waals surface area (Å²) in [7, 11) is 0. The smallest absolute Gasteiger partial charge is 0.339 e. The van der Waals surface area contributed by atoms with E-state index in [1.807, 2.05) is 24.3 Å². The maximum Gasteiger partial charge on any atom is 0.339 e. The second-order valence-electron chi connectivity index (χ2n) is 4.36. The summed E-state index contributed by atoms with van der Waals surface area (Å²) in [6.45, 7) is 3.31. The van der Waals surface area contributed by atoms with Crippen LogP contribution in [-0.4, -0.2) is 36.0 Å². The molecule has 0 bridgehead atoms. The van der Waals surface area contributed by atoms with Crippen LogP contribution in [0.15, 0.2) is 24.3 Å². The lowest BCUT2D eigenvalue weighted by molar-refractivity contribution is 0.0695. The molecule has 0 atom stereocenters. The van der Waals surface area contributed by atoms with Gasteiger partial charge in [-0.15, -0.1) is 10.2 Å². The van der Waals surface area contributed by atoms with E-state index in [1.165, 1.54) is 4.68 Å². The van der Waals surface area contributed by atoms with Gasteiger partial charge in [0.15, 0.2) is 0 Å². The van der Waals surface area contributed by atoms with Crippen molar-refractivity contribution in [1.82, 2.24) is 25.0 Å². The quantitative estimate of drug-likeness (QED) is 0.758. The second-order valence-corrected chi connectivity index (χ2v) is 4.36. The van der Waals surface area contributed by atoms with Gasteiger partial charge in [0, 0.05) is 0 Å². The van der Waals surface area contributed by atoms with Crippen LogP contribution in [0.1, 0.15) is 21.7 Å². The Bertz CT molecular complexity index is 825. The summed E-state index contributed by atoms with van der Waals surface area (Å²) < 4.78 is 1.40. The minimum Gasteiger partial charge on any atom is -0.478 e. The zero-order valence-corrected chi connectivity index (χ0v) is 10.9. The van der Waals surface area contributed by atoms with Crippen LogP contribution in [-0.2, 0) is 0 Å². The summed E-state index contributed by atoms with van der Waals surface area (Å²) in [6.07, 6.45) is 0. The Labute approximate surface area is 113 Å². The van der Waals surface area contributed by atoms with Gasteiger partial charge >= 0.3 is 5.97 Å². The first kappa shape index (κ1) is 12.2. The van der Waals surface area contributed by atoms with E-state index >= 15 is 0 Å². The number of rotatable bonds is 2. The number of hydrogen-bond acceptors (Lipinski definition) is 5. The van der Waals surface area contributed by atoms with Gasteiger partial charge in [0.2, 0.25) is 0 Å². The highest BCUT2D eigenvalue weighted by molar-refractivity contribution is 5.90. The molecule has 0 unspecified atom stereocenters. The molecule has 100 valence electrons. The summed E-state index contributed by atoms with van der Waals surface area (Å²) in [5.41, 5.74) is 2.43. The SMILES string of the molecule is Cc1nn(-c2nnc3ccccc3n2)c(C)c1C(=O)O. The lowest BCUT2D eigenvalue weighted by Crippen LogP contribution is -2.07. The monoisotopic (exact) mass is 269 g/mol. The molecule has 0 saturated carbocycles. The van der Waals surface area contributed by atoms with E-state index in [9.17, 15) is 4.79 Å². The Morgan fingerprint density at radius 1 is 1.15 bits per heavy atom. The minimum atomic E-state index is -1.01. The summed E-state index contributed by atoms with van der Waals surface area (Å²) in [5.74, 6) is -0.753. The van der Waals surface area contributed by atoms with Crippen molar-refractivity contribution in [3.63, 3.8) is 0 Å². The molecule has 3 aromatic rings. The van der Waals surface area contributed by atoms with Crippen LogP contribution in [0.25, 0.3) is 17.0 Å². The normalized spacial score (nSPS) is 10.9. The first-order valence-electron chi connectivity index (χ1n) is 5.97. The van der Waals surface area contributed by atoms with Crippen LogP contribution < -0.4 is 0 Å². The van der Waals surface area contributed by atoms with Crippen molar-refractivity contribution < 1.29 is 9.90 Å². The third-order valence-corrected chi connectivity index (χ3v) is 3.04. The van der Waals surface area contributed by atoms with E-state index in [4.69, 9.17) is 5.11 Å². The number of carboxylic acid groups (broad SMARTS) is 1. The van der Waals surface area contributed by atoms with Crippen LogP contribution in [0.3, 0.4) is 0 Å². The van der Waals surface area contributed by atoms with Crippen molar-refractivity contribution in [2.45, 2.75) is 13.8 Å². The summed E-state index contributed by atoms with van der Waals surface area (Å²) in [6, 6.07) is 7.33. The van der Waals surface area contributed by atoms with Crippen molar-refractivity contribution in [3.8, 4) is 5.95 Å². The zero-order valence-electron chi connectivity index (χ0n) is 10.9. The van der Waals surface area contributed by atoms with E-state index in [0.717, 1.165) is 0 Å². The molecular weight excluding hydrogens is 258 g/mol. The van der Waals surface area contributed by atoms with E-state index in [0.29, 0.717) is 22.4 Å². The molecule has 20 heavy (non-hydrogen) atoms. The van der Waals surface area contributed by atoms with Gasteiger partial charge in [0.05, 0.1) is 16.9 Å². The molecular formula is C13H11N5O2. The van der Waals surface area contributed by atoms with Gasteiger partial charge in [-0.3, -0.25) is 0 Å². The Kier molecular flexibility index (Phi) is 2.67. The highest BCUT2D eigenvalue weighted by atomic mass is 16.4. The van der Waals surface area contributed by atoms with E-state index < -0.39 is 5.97 Å². The Morgan fingerprint density at radius 2 is 1.85 bits per heavy atom. The van der Waals surface area contributed by atoms with Crippen LogP contribution in [0.2, 0.25) is 0 Å². The van der Waals surface area contributed by atoms with Crippen LogP contribution >= 0.6 is 0 Å². The number of hydrogen-bond donors (Lipinski definition) is 1. The molecule has 2 aromatic heterocycles. The lowest BCUT2D eigenvalue weighted by Gasteiger charge is -2.02. The molecule has 0 amide bonds. The molecule has 2 heterocycles. The van der Waals surface area contributed by atoms with Gasteiger partial charge in [0.25, 0.3) is 5.95 Å². The number of para-hydroxylation sites is 1. The van der Waals surface area contributed by atoms with Crippen LogP contribution in [0.4, 0.5) is 0 Å². The number of benzene rings is 1. The first-order chi connectivity index (χ1) is 9.58. The molecule has 1 N–H and O–H groups in total. The fourth-order valence-electron chi connectivity index (χ4n) is 2.11. The highest BCUT2D eigenvalue weighted by Gasteiger charge is 2.20. The predicted molar refractivity (Wildman–Crippen MR) is 70.9 cm³/mol. The third kappa shape index (κ3) is 1.80. The second kappa shape index (κ2) is 4.37. The molecule has 0 aliphatic rings. The highest BCUT2D eigenvalue weighted by Crippen LogP contribution is 2.16. The average Bonchev–Trinajstić information content (AvgIpc) is 2.73. The molecule has 3 rings (SSSR count). The maximum absolute atomic E-state index is 11.2. The summed E-state index contributed by atoms with van der Waals surface area (Å²) in [5, 5.41) is 21.4. The number of nitrogens with zero attached hydrogens (tertiary/aromatic N) is 5. The zero-order chi connectivity index (χ0) is 14.3. The topological polar surface area (TPSA) is 93.8 Å². The molecule has 0 spiro atoms. The fraction of sp³-hybridized carbons (Fsp3) is 0.154. The Balaban J connectivity index is 2.21. The van der Waals surface area contributed by atoms with Crippen molar-refractivity contribution in [2.24, 2.45) is 0 Å². The Hall–Kier alpha value is -2.83. The third-order valence-electron chi connectivity index (χ3n) is 3.04. The first-order valence-corrected chi connectivity index (χ1v) is 5.97. The largest absolute Gasteiger partial charge is 0.478 e. The number of carboxylic acids is 1. The van der Waals surface area contributed by atoms with Gasteiger partial charge in [-0.2, -0.15) is 5.10 Å². The van der Waals surface area contributed by atoms with Gasteiger partial charge in [-0.05, 0) is 26.0 Å². The van der Waals surface area contributed by atoms with Crippen molar-refractivity contribution in [2.75, 3.05) is 0 Å². The molecule has 1 aromatic carbocycles. The number of aromatic nitrogens is 5. The van der Waals surface area contributed by atoms with E-state index in [2.05, 4.69) is 20.3 Å². The standard InChI is InChI=1S/C13H11N5O2/c1-7-11(12(19)20)8(2)18(17-7)13-14-9-5-3-4-6-10(9)15-16-13/h3-6H,1-2H3,(H,19,20). The summed E-state index contributed by atoms with van der Waals surface area (Å²) >= 11 is 0. The van der Waals surface area contributed by atoms with E-state index in [-0.39, 0.29) is 11.5 Å². The minimum absolute atomic E-state index is 0.168. The Morgan fingerprint density at radius 3 is 2.50 bits per heavy atom. The van der Waals surface area contributed by atoms with Crippen molar-refractivity contribution in [3.05, 3.63) is 41.2 Å². The number of fused-ring (bicyclic) bond motifs is 1. The molecule has 0 aliphatic carbocycles. The van der Waals surface area contributed by atoms with Gasteiger partial charge < -0.3 is 5.11 Å². The lowest BCUT2D eigenvalue weighted by atomic mass is 10.2. The molecule has 7 heteroatoms. The van der Waals surface area contributed by atoms with Crippen LogP contribution in [0, 0.1) is 13.8 Å². The van der Waals surface area contributed by atoms with Gasteiger partial charge in [0.1, 0.15) is 11.1 Å². The molecule has 0 radical (unpaired) electrons.